The molecule has 0 aliphatic heterocycles. The van der Waals surface area contributed by atoms with E-state index in [1.54, 1.807) is 0 Å². The van der Waals surface area contributed by atoms with Crippen LogP contribution >= 0.6 is 0 Å². The standard InChI is InChI=1S/C16H30O4/c1-4-7-10-18-14-13-16(14,20-12-9-6-3)15(17)19-11-8-5-2/h14H,4-13H2,1-3H3. The molecule has 0 amide bonds. The molecule has 0 N–H and O–H groups in total. The summed E-state index contributed by atoms with van der Waals surface area (Å²) in [6.45, 7) is 8.10. The Morgan fingerprint density at radius 1 is 1.00 bits per heavy atom. The van der Waals surface area contributed by atoms with Crippen molar-refractivity contribution in [3.63, 3.8) is 0 Å². The molecule has 0 bridgehead atoms. The van der Waals surface area contributed by atoms with Gasteiger partial charge in [-0.3, -0.25) is 0 Å². The first-order valence-electron chi connectivity index (χ1n) is 8.14. The van der Waals surface area contributed by atoms with Gasteiger partial charge in [-0.2, -0.15) is 0 Å². The topological polar surface area (TPSA) is 44.8 Å². The molecule has 2 atom stereocenters. The van der Waals surface area contributed by atoms with Crippen molar-refractivity contribution in [1.29, 1.82) is 0 Å². The van der Waals surface area contributed by atoms with Gasteiger partial charge in [0.25, 0.3) is 0 Å². The van der Waals surface area contributed by atoms with Crippen molar-refractivity contribution in [2.75, 3.05) is 19.8 Å². The molecule has 0 heterocycles. The zero-order chi connectivity index (χ0) is 14.8. The summed E-state index contributed by atoms with van der Waals surface area (Å²) < 4.78 is 16.9. The normalized spacial score (nSPS) is 24.6. The molecular weight excluding hydrogens is 256 g/mol. The second-order valence-corrected chi connectivity index (χ2v) is 5.50. The zero-order valence-electron chi connectivity index (χ0n) is 13.3. The van der Waals surface area contributed by atoms with Crippen molar-refractivity contribution >= 4 is 5.97 Å². The van der Waals surface area contributed by atoms with Gasteiger partial charge in [-0.15, -0.1) is 0 Å². The van der Waals surface area contributed by atoms with Crippen LogP contribution in [0.4, 0.5) is 0 Å². The molecule has 1 rings (SSSR count). The fourth-order valence-corrected chi connectivity index (χ4v) is 2.04. The monoisotopic (exact) mass is 286 g/mol. The van der Waals surface area contributed by atoms with Gasteiger partial charge in [0.15, 0.2) is 5.60 Å². The first-order chi connectivity index (χ1) is 9.71. The van der Waals surface area contributed by atoms with Gasteiger partial charge >= 0.3 is 5.97 Å². The van der Waals surface area contributed by atoms with Crippen LogP contribution in [0.2, 0.25) is 0 Å². The molecule has 1 saturated carbocycles. The number of carbonyl (C=O) groups is 1. The lowest BCUT2D eigenvalue weighted by Crippen LogP contribution is -2.34. The fourth-order valence-electron chi connectivity index (χ4n) is 2.04. The van der Waals surface area contributed by atoms with Crippen LogP contribution in [0, 0.1) is 0 Å². The van der Waals surface area contributed by atoms with Crippen molar-refractivity contribution in [2.24, 2.45) is 0 Å². The fraction of sp³-hybridized carbons (Fsp3) is 0.938. The van der Waals surface area contributed by atoms with Crippen LogP contribution in [0.15, 0.2) is 0 Å². The smallest absolute Gasteiger partial charge is 0.341 e. The van der Waals surface area contributed by atoms with E-state index in [0.717, 1.165) is 38.5 Å². The Bertz CT molecular complexity index is 280. The average Bonchev–Trinajstić information content (AvgIpc) is 3.14. The molecule has 20 heavy (non-hydrogen) atoms. The van der Waals surface area contributed by atoms with Crippen LogP contribution in [0.1, 0.15) is 65.7 Å². The molecule has 0 saturated heterocycles. The Hall–Kier alpha value is -0.610. The van der Waals surface area contributed by atoms with Crippen molar-refractivity contribution in [3.8, 4) is 0 Å². The van der Waals surface area contributed by atoms with Crippen LogP contribution in [0.3, 0.4) is 0 Å². The highest BCUT2D eigenvalue weighted by Gasteiger charge is 2.64. The third-order valence-corrected chi connectivity index (χ3v) is 3.60. The van der Waals surface area contributed by atoms with Crippen molar-refractivity contribution in [1.82, 2.24) is 0 Å². The van der Waals surface area contributed by atoms with Gasteiger partial charge in [0.1, 0.15) is 6.10 Å². The summed E-state index contributed by atoms with van der Waals surface area (Å²) in [6.07, 6.45) is 6.59. The van der Waals surface area contributed by atoms with Gasteiger partial charge in [0.2, 0.25) is 0 Å². The number of hydrogen-bond acceptors (Lipinski definition) is 4. The zero-order valence-corrected chi connectivity index (χ0v) is 13.3. The van der Waals surface area contributed by atoms with Crippen LogP contribution in [0.5, 0.6) is 0 Å². The van der Waals surface area contributed by atoms with Crippen molar-refractivity contribution < 1.29 is 19.0 Å². The lowest BCUT2D eigenvalue weighted by Gasteiger charge is -2.17. The number of esters is 1. The van der Waals surface area contributed by atoms with Gasteiger partial charge in [0, 0.05) is 19.6 Å². The molecule has 0 radical (unpaired) electrons. The van der Waals surface area contributed by atoms with Crippen LogP contribution in [-0.2, 0) is 19.0 Å². The summed E-state index contributed by atoms with van der Waals surface area (Å²) in [6, 6.07) is 0. The molecule has 0 aromatic heterocycles. The van der Waals surface area contributed by atoms with Gasteiger partial charge in [-0.1, -0.05) is 40.0 Å². The lowest BCUT2D eigenvalue weighted by atomic mass is 10.3. The van der Waals surface area contributed by atoms with E-state index in [0.29, 0.717) is 26.2 Å². The van der Waals surface area contributed by atoms with Gasteiger partial charge < -0.3 is 14.2 Å². The lowest BCUT2D eigenvalue weighted by molar-refractivity contribution is -0.164. The maximum atomic E-state index is 12.2. The summed E-state index contributed by atoms with van der Waals surface area (Å²) >= 11 is 0. The minimum atomic E-state index is -0.809. The van der Waals surface area contributed by atoms with E-state index >= 15 is 0 Å². The Balaban J connectivity index is 2.42. The molecule has 118 valence electrons. The number of unbranched alkanes of at least 4 members (excludes halogenated alkanes) is 3. The third-order valence-electron chi connectivity index (χ3n) is 3.60. The minimum absolute atomic E-state index is 0.111. The molecule has 0 aromatic carbocycles. The first kappa shape index (κ1) is 17.4. The van der Waals surface area contributed by atoms with Crippen molar-refractivity contribution in [2.45, 2.75) is 77.4 Å². The third kappa shape index (κ3) is 5.06. The Labute approximate surface area is 123 Å². The molecule has 1 fully saturated rings. The molecule has 1 aliphatic carbocycles. The largest absolute Gasteiger partial charge is 0.463 e. The maximum Gasteiger partial charge on any atom is 0.341 e. The molecule has 1 aliphatic rings. The van der Waals surface area contributed by atoms with E-state index in [4.69, 9.17) is 14.2 Å². The summed E-state index contributed by atoms with van der Waals surface area (Å²) in [7, 11) is 0. The molecule has 0 spiro atoms. The number of hydrogen-bond donors (Lipinski definition) is 0. The molecule has 0 aromatic rings. The summed E-state index contributed by atoms with van der Waals surface area (Å²) in [4.78, 5) is 12.2. The van der Waals surface area contributed by atoms with Crippen LogP contribution in [0.25, 0.3) is 0 Å². The van der Waals surface area contributed by atoms with Crippen LogP contribution in [-0.4, -0.2) is 37.5 Å². The van der Waals surface area contributed by atoms with E-state index < -0.39 is 5.60 Å². The molecule has 2 unspecified atom stereocenters. The SMILES string of the molecule is CCCCOC(=O)C1(OCCCC)CC1OCCCC. The second kappa shape index (κ2) is 9.35. The van der Waals surface area contributed by atoms with Gasteiger partial charge in [-0.05, 0) is 19.3 Å². The Morgan fingerprint density at radius 3 is 2.25 bits per heavy atom. The number of rotatable bonds is 12. The number of ether oxygens (including phenoxy) is 3. The first-order valence-corrected chi connectivity index (χ1v) is 8.14. The van der Waals surface area contributed by atoms with E-state index in [2.05, 4.69) is 20.8 Å². The highest BCUT2D eigenvalue weighted by Crippen LogP contribution is 2.44. The molecule has 4 heteroatoms. The van der Waals surface area contributed by atoms with E-state index in [1.807, 2.05) is 0 Å². The van der Waals surface area contributed by atoms with Gasteiger partial charge in [0.05, 0.1) is 6.61 Å². The molecule has 4 nitrogen and oxygen atoms in total. The van der Waals surface area contributed by atoms with E-state index in [-0.39, 0.29) is 12.1 Å². The highest BCUT2D eigenvalue weighted by molar-refractivity contribution is 5.84. The highest BCUT2D eigenvalue weighted by atomic mass is 16.6. The predicted molar refractivity (Wildman–Crippen MR) is 78.7 cm³/mol. The summed E-state index contributed by atoms with van der Waals surface area (Å²) in [5, 5.41) is 0. The van der Waals surface area contributed by atoms with Crippen LogP contribution < -0.4 is 0 Å². The quantitative estimate of drug-likeness (QED) is 0.407. The van der Waals surface area contributed by atoms with E-state index in [1.165, 1.54) is 0 Å². The van der Waals surface area contributed by atoms with E-state index in [9.17, 15) is 4.79 Å². The number of carbonyl (C=O) groups excluding carboxylic acids is 1. The summed E-state index contributed by atoms with van der Waals surface area (Å²) in [5.41, 5.74) is -0.809. The summed E-state index contributed by atoms with van der Waals surface area (Å²) in [5.74, 6) is -0.233. The van der Waals surface area contributed by atoms with Gasteiger partial charge in [-0.25, -0.2) is 4.79 Å². The predicted octanol–water partition coefficient (Wildman–Crippen LogP) is 3.47. The Kier molecular flexibility index (Phi) is 8.15. The minimum Gasteiger partial charge on any atom is -0.463 e. The van der Waals surface area contributed by atoms with Crippen molar-refractivity contribution in [3.05, 3.63) is 0 Å². The molecular formula is C16H30O4. The average molecular weight is 286 g/mol. The maximum absolute atomic E-state index is 12.2. The second-order valence-electron chi connectivity index (χ2n) is 5.50. The Morgan fingerprint density at radius 2 is 1.60 bits per heavy atom.